The molecule has 0 amide bonds. The average molecular weight is 565 g/mol. The number of aliphatic carboxylic acids is 1. The number of carboxylic acids is 1. The molecule has 3 aromatic carbocycles. The van der Waals surface area contributed by atoms with Crippen LogP contribution in [0, 0.1) is 13.8 Å². The fraction of sp³-hybridized carbons (Fsp3) is 0.345. The first-order valence-electron chi connectivity index (χ1n) is 12.9. The van der Waals surface area contributed by atoms with Gasteiger partial charge in [0.1, 0.15) is 33.5 Å². The van der Waals surface area contributed by atoms with E-state index in [4.69, 9.17) is 9.47 Å². The van der Waals surface area contributed by atoms with E-state index in [1.807, 2.05) is 51.1 Å². The molecule has 2 atom stereocenters. The Morgan fingerprint density at radius 3 is 2.65 bits per heavy atom. The minimum absolute atomic E-state index is 0.120. The summed E-state index contributed by atoms with van der Waals surface area (Å²) in [4.78, 5) is 12.1. The molecule has 210 valence electrons. The van der Waals surface area contributed by atoms with Gasteiger partial charge in [-0.05, 0) is 72.9 Å². The van der Waals surface area contributed by atoms with Crippen molar-refractivity contribution in [2.45, 2.75) is 50.7 Å². The topological polar surface area (TPSA) is 124 Å². The summed E-state index contributed by atoms with van der Waals surface area (Å²) in [5.41, 5.74) is 5.38. The van der Waals surface area contributed by atoms with Crippen LogP contribution in [-0.4, -0.2) is 58.6 Å². The molecule has 0 spiro atoms. The van der Waals surface area contributed by atoms with Gasteiger partial charge in [0, 0.05) is 19.5 Å². The lowest BCUT2D eigenvalue weighted by Crippen LogP contribution is -2.35. The van der Waals surface area contributed by atoms with Crippen LogP contribution in [0.15, 0.2) is 53.4 Å². The molecule has 4 aromatic rings. The molecule has 0 saturated heterocycles. The Balaban J connectivity index is 1.56. The monoisotopic (exact) mass is 564 g/mol. The van der Waals surface area contributed by atoms with Crippen molar-refractivity contribution in [3.05, 3.63) is 76.3 Å². The number of fused-ring (bicyclic) bond motifs is 2. The van der Waals surface area contributed by atoms with Gasteiger partial charge in [0.15, 0.2) is 0 Å². The van der Waals surface area contributed by atoms with Crippen LogP contribution in [0.25, 0.3) is 11.0 Å². The number of carbonyl (C=O) groups is 1. The number of benzene rings is 3. The molecule has 0 fully saturated rings. The van der Waals surface area contributed by atoms with E-state index in [9.17, 15) is 18.3 Å². The quantitative estimate of drug-likeness (QED) is 0.355. The zero-order chi connectivity index (χ0) is 28.8. The lowest BCUT2D eigenvalue weighted by molar-refractivity contribution is -0.137. The summed E-state index contributed by atoms with van der Waals surface area (Å²) in [5.74, 6) is -0.584. The van der Waals surface area contributed by atoms with E-state index in [0.29, 0.717) is 22.5 Å². The first kappa shape index (κ1) is 27.6. The second kappa shape index (κ2) is 10.5. The van der Waals surface area contributed by atoms with Gasteiger partial charge in [-0.15, -0.1) is 5.10 Å². The number of aromatic nitrogens is 3. The Hall–Kier alpha value is -3.96. The molecule has 0 radical (unpaired) electrons. The molecule has 0 saturated carbocycles. The highest BCUT2D eigenvalue weighted by Gasteiger charge is 2.34. The summed E-state index contributed by atoms with van der Waals surface area (Å²) >= 11 is 0. The van der Waals surface area contributed by atoms with Crippen molar-refractivity contribution in [3.63, 3.8) is 0 Å². The number of nitrogens with zero attached hydrogens (tertiary/aromatic N) is 4. The molecule has 1 aliphatic heterocycles. The third-order valence-corrected chi connectivity index (χ3v) is 9.17. The van der Waals surface area contributed by atoms with Crippen molar-refractivity contribution in [2.24, 2.45) is 7.05 Å². The van der Waals surface area contributed by atoms with Gasteiger partial charge in [-0.1, -0.05) is 29.5 Å². The minimum Gasteiger partial charge on any atom is -0.494 e. The zero-order valence-electron chi connectivity index (χ0n) is 23.1. The van der Waals surface area contributed by atoms with Gasteiger partial charge in [-0.3, -0.25) is 4.79 Å². The molecule has 2 heterocycles. The average Bonchev–Trinajstić information content (AvgIpc) is 3.24. The van der Waals surface area contributed by atoms with Crippen LogP contribution in [0.3, 0.4) is 0 Å². The summed E-state index contributed by atoms with van der Waals surface area (Å²) in [6, 6.07) is 14.4. The number of methoxy groups -OCH3 is 1. The molecule has 10 nitrogen and oxygen atoms in total. The first-order valence-corrected chi connectivity index (χ1v) is 14.4. The molecule has 40 heavy (non-hydrogen) atoms. The highest BCUT2D eigenvalue weighted by molar-refractivity contribution is 7.89. The van der Waals surface area contributed by atoms with Crippen LogP contribution in [0.1, 0.15) is 47.1 Å². The zero-order valence-corrected chi connectivity index (χ0v) is 23.9. The Kier molecular flexibility index (Phi) is 7.28. The molecule has 1 aliphatic rings. The van der Waals surface area contributed by atoms with Crippen LogP contribution >= 0.6 is 0 Å². The molecule has 2 unspecified atom stereocenters. The fourth-order valence-corrected chi connectivity index (χ4v) is 6.85. The molecule has 11 heteroatoms. The molecule has 1 aromatic heterocycles. The number of sulfonamides is 1. The number of hydrogen-bond donors (Lipinski definition) is 1. The summed E-state index contributed by atoms with van der Waals surface area (Å²) in [7, 11) is -0.525. The van der Waals surface area contributed by atoms with Crippen LogP contribution < -0.4 is 9.47 Å². The molecule has 5 rings (SSSR count). The van der Waals surface area contributed by atoms with Crippen molar-refractivity contribution < 1.29 is 27.8 Å². The second-order valence-electron chi connectivity index (χ2n) is 10.3. The minimum atomic E-state index is -3.84. The number of aryl methyl sites for hydroxylation is 3. The highest BCUT2D eigenvalue weighted by Crippen LogP contribution is 2.37. The van der Waals surface area contributed by atoms with Crippen LogP contribution in [0.2, 0.25) is 0 Å². The fourth-order valence-electron chi connectivity index (χ4n) is 5.25. The van der Waals surface area contributed by atoms with Gasteiger partial charge in [0.05, 0.1) is 20.1 Å². The first-order chi connectivity index (χ1) is 19.0. The van der Waals surface area contributed by atoms with E-state index < -0.39 is 21.9 Å². The summed E-state index contributed by atoms with van der Waals surface area (Å²) in [5, 5.41) is 18.1. The largest absolute Gasteiger partial charge is 0.494 e. The predicted molar refractivity (Wildman–Crippen MR) is 149 cm³/mol. The van der Waals surface area contributed by atoms with Crippen molar-refractivity contribution in [3.8, 4) is 11.5 Å². The summed E-state index contributed by atoms with van der Waals surface area (Å²) < 4.78 is 42.1. The van der Waals surface area contributed by atoms with Crippen molar-refractivity contribution in [2.75, 3.05) is 13.7 Å². The van der Waals surface area contributed by atoms with Gasteiger partial charge in [0.25, 0.3) is 0 Å². The molecular formula is C29H32N4O6S. The van der Waals surface area contributed by atoms with E-state index in [-0.39, 0.29) is 30.5 Å². The van der Waals surface area contributed by atoms with Crippen molar-refractivity contribution >= 4 is 27.0 Å². The van der Waals surface area contributed by atoms with E-state index in [0.717, 1.165) is 27.8 Å². The van der Waals surface area contributed by atoms with Crippen molar-refractivity contribution in [1.82, 2.24) is 19.3 Å². The maximum Gasteiger partial charge on any atom is 0.304 e. The van der Waals surface area contributed by atoms with Gasteiger partial charge >= 0.3 is 5.97 Å². The number of hydrogen-bond acceptors (Lipinski definition) is 7. The molecular weight excluding hydrogens is 532 g/mol. The van der Waals surface area contributed by atoms with Gasteiger partial charge < -0.3 is 14.6 Å². The Bertz CT molecular complexity index is 1720. The Labute approximate surface area is 233 Å². The third kappa shape index (κ3) is 5.14. The Morgan fingerprint density at radius 2 is 1.93 bits per heavy atom. The highest BCUT2D eigenvalue weighted by atomic mass is 32.2. The van der Waals surface area contributed by atoms with E-state index >= 15 is 0 Å². The van der Waals surface area contributed by atoms with Crippen LogP contribution in [0.4, 0.5) is 0 Å². The number of ether oxygens (including phenoxy) is 2. The second-order valence-corrected chi connectivity index (χ2v) is 12.2. The molecule has 0 aliphatic carbocycles. The number of carboxylic acid groups (broad SMARTS) is 1. The maximum absolute atomic E-state index is 13.7. The standard InChI is InChI=1S/C29H32N4O6S/c1-17-6-9-27-25(10-17)39-19(3)15-33(40(27,36)37)16-22-11-20(8-7-18(22)2)23(14-28(34)35)21-12-24-29(26(13-21)38-5)32(4)31-30-24/h6-13,19,23H,14-16H2,1-5H3,(H,34,35). The van der Waals surface area contributed by atoms with Crippen LogP contribution in [-0.2, 0) is 28.4 Å². The normalized spacial score (nSPS) is 17.6. The van der Waals surface area contributed by atoms with Crippen molar-refractivity contribution in [1.29, 1.82) is 0 Å². The summed E-state index contributed by atoms with van der Waals surface area (Å²) in [6.07, 6.45) is -0.524. The SMILES string of the molecule is COc1cc(C(CC(=O)O)c2ccc(C)c(CN3CC(C)Oc4cc(C)ccc4S3(=O)=O)c2)cc2nnn(C)c12. The summed E-state index contributed by atoms with van der Waals surface area (Å²) in [6.45, 7) is 5.96. The molecule has 1 N–H and O–H groups in total. The smallest absolute Gasteiger partial charge is 0.304 e. The van der Waals surface area contributed by atoms with E-state index in [1.165, 1.54) is 4.31 Å². The lowest BCUT2D eigenvalue weighted by atomic mass is 9.86. The Morgan fingerprint density at radius 1 is 1.15 bits per heavy atom. The third-order valence-electron chi connectivity index (χ3n) is 7.32. The molecule has 0 bridgehead atoms. The number of rotatable bonds is 7. The van der Waals surface area contributed by atoms with Gasteiger partial charge in [-0.25, -0.2) is 13.1 Å². The van der Waals surface area contributed by atoms with Crippen LogP contribution in [0.5, 0.6) is 11.5 Å². The van der Waals surface area contributed by atoms with Gasteiger partial charge in [0.2, 0.25) is 10.0 Å². The van der Waals surface area contributed by atoms with E-state index in [2.05, 4.69) is 10.3 Å². The van der Waals surface area contributed by atoms with E-state index in [1.54, 1.807) is 37.0 Å². The lowest BCUT2D eigenvalue weighted by Gasteiger charge is -2.24. The maximum atomic E-state index is 13.7. The van der Waals surface area contributed by atoms with Gasteiger partial charge in [-0.2, -0.15) is 4.31 Å². The predicted octanol–water partition coefficient (Wildman–Crippen LogP) is 4.17.